The van der Waals surface area contributed by atoms with Gasteiger partial charge in [-0.25, -0.2) is 5.43 Å². The van der Waals surface area contributed by atoms with Crippen LogP contribution < -0.4 is 5.43 Å². The van der Waals surface area contributed by atoms with E-state index in [2.05, 4.69) is 10.5 Å². The lowest BCUT2D eigenvalue weighted by molar-refractivity contribution is -0.384. The van der Waals surface area contributed by atoms with E-state index in [0.29, 0.717) is 17.1 Å². The molecule has 1 N–H and O–H groups in total. The monoisotopic (exact) mass is 379 g/mol. The average molecular weight is 379 g/mol. The van der Waals surface area contributed by atoms with E-state index in [1.54, 1.807) is 36.4 Å². The number of nitro groups is 1. The second-order valence-corrected chi connectivity index (χ2v) is 5.77. The number of carbonyl (C=O) groups is 1. The van der Waals surface area contributed by atoms with Crippen molar-refractivity contribution in [2.45, 2.75) is 6.10 Å². The molecule has 2 aromatic carbocycles. The molecule has 0 saturated carbocycles. The number of hydrogen-bond donors (Lipinski definition) is 1. The van der Waals surface area contributed by atoms with E-state index in [1.165, 1.54) is 25.5 Å². The number of furan rings is 1. The largest absolute Gasteiger partial charge is 0.455 e. The predicted molar refractivity (Wildman–Crippen MR) is 103 cm³/mol. The number of nitrogens with one attached hydrogen (secondary N) is 1. The summed E-state index contributed by atoms with van der Waals surface area (Å²) < 4.78 is 10.9. The number of hydrazone groups is 1. The Kier molecular flexibility index (Phi) is 5.93. The molecule has 1 aromatic heterocycles. The standard InChI is InChI=1S/C20H17N3O5/c1-27-19(15-5-3-2-4-6-15)20(24)22-21-13-17-11-12-18(28-17)14-7-9-16(10-8-14)23(25)26/h2-13,19H,1H3,(H,22,24)/b21-13-/t19-/m1/s1. The molecule has 0 radical (unpaired) electrons. The van der Waals surface area contributed by atoms with Gasteiger partial charge in [0, 0.05) is 24.8 Å². The Morgan fingerprint density at radius 2 is 1.86 bits per heavy atom. The Hall–Kier alpha value is -3.78. The Balaban J connectivity index is 1.63. The summed E-state index contributed by atoms with van der Waals surface area (Å²) in [5.41, 5.74) is 3.84. The molecule has 142 valence electrons. The quantitative estimate of drug-likeness (QED) is 0.383. The van der Waals surface area contributed by atoms with E-state index in [-0.39, 0.29) is 5.69 Å². The van der Waals surface area contributed by atoms with Gasteiger partial charge in [0.05, 0.1) is 11.1 Å². The molecule has 0 aliphatic carbocycles. The first kappa shape index (κ1) is 19.0. The third-order valence-corrected chi connectivity index (χ3v) is 3.93. The van der Waals surface area contributed by atoms with Crippen LogP contribution in [0.25, 0.3) is 11.3 Å². The van der Waals surface area contributed by atoms with Crippen molar-refractivity contribution in [3.8, 4) is 11.3 Å². The molecule has 3 rings (SSSR count). The molecule has 8 heteroatoms. The highest BCUT2D eigenvalue weighted by Gasteiger charge is 2.19. The molecule has 28 heavy (non-hydrogen) atoms. The van der Waals surface area contributed by atoms with E-state index >= 15 is 0 Å². The van der Waals surface area contributed by atoms with Gasteiger partial charge in [0.1, 0.15) is 11.5 Å². The van der Waals surface area contributed by atoms with Crippen LogP contribution in [0, 0.1) is 10.1 Å². The molecular formula is C20H17N3O5. The number of hydrogen-bond acceptors (Lipinski definition) is 6. The second-order valence-electron chi connectivity index (χ2n) is 5.77. The van der Waals surface area contributed by atoms with Crippen molar-refractivity contribution in [1.29, 1.82) is 0 Å². The lowest BCUT2D eigenvalue weighted by Gasteiger charge is -2.13. The Morgan fingerprint density at radius 3 is 2.50 bits per heavy atom. The van der Waals surface area contributed by atoms with Gasteiger partial charge in [-0.3, -0.25) is 14.9 Å². The van der Waals surface area contributed by atoms with Crippen LogP contribution in [0.15, 0.2) is 76.2 Å². The van der Waals surface area contributed by atoms with Crippen molar-refractivity contribution >= 4 is 17.8 Å². The zero-order valence-corrected chi connectivity index (χ0v) is 14.9. The minimum atomic E-state index is -0.773. The second kappa shape index (κ2) is 8.74. The fraction of sp³-hybridized carbons (Fsp3) is 0.100. The van der Waals surface area contributed by atoms with Crippen LogP contribution in [0.2, 0.25) is 0 Å². The summed E-state index contributed by atoms with van der Waals surface area (Å²) in [6, 6.07) is 18.5. The number of nitrogens with zero attached hydrogens (tertiary/aromatic N) is 2. The van der Waals surface area contributed by atoms with Gasteiger partial charge in [-0.15, -0.1) is 0 Å². The molecule has 1 atom stereocenters. The highest BCUT2D eigenvalue weighted by atomic mass is 16.6. The van der Waals surface area contributed by atoms with Gasteiger partial charge in [-0.2, -0.15) is 5.10 Å². The van der Waals surface area contributed by atoms with Crippen LogP contribution in [0.1, 0.15) is 17.4 Å². The number of rotatable bonds is 7. The summed E-state index contributed by atoms with van der Waals surface area (Å²) >= 11 is 0. The van der Waals surface area contributed by atoms with E-state index in [4.69, 9.17) is 9.15 Å². The lowest BCUT2D eigenvalue weighted by atomic mass is 10.1. The average Bonchev–Trinajstić information content (AvgIpc) is 3.18. The molecule has 0 bridgehead atoms. The number of methoxy groups -OCH3 is 1. The first-order valence-electron chi connectivity index (χ1n) is 8.34. The minimum absolute atomic E-state index is 0.00548. The third kappa shape index (κ3) is 4.49. The van der Waals surface area contributed by atoms with Gasteiger partial charge >= 0.3 is 0 Å². The molecule has 1 heterocycles. The SMILES string of the molecule is CO[C@@H](C(=O)N/N=C\c1ccc(-c2ccc([N+](=O)[O-])cc2)o1)c1ccccc1. The molecule has 0 saturated heterocycles. The van der Waals surface area contributed by atoms with E-state index in [0.717, 1.165) is 5.56 Å². The first-order valence-corrected chi connectivity index (χ1v) is 8.34. The predicted octanol–water partition coefficient (Wildman–Crippen LogP) is 3.69. The van der Waals surface area contributed by atoms with Crippen molar-refractivity contribution in [3.05, 3.63) is 88.2 Å². The highest BCUT2D eigenvalue weighted by Crippen LogP contribution is 2.24. The minimum Gasteiger partial charge on any atom is -0.455 e. The number of amides is 1. The fourth-order valence-corrected chi connectivity index (χ4v) is 2.57. The molecule has 0 fully saturated rings. The Bertz CT molecular complexity index is 981. The van der Waals surface area contributed by atoms with E-state index in [1.807, 2.05) is 18.2 Å². The van der Waals surface area contributed by atoms with Crippen molar-refractivity contribution < 1.29 is 18.9 Å². The van der Waals surface area contributed by atoms with Crippen LogP contribution in [0.5, 0.6) is 0 Å². The molecule has 1 amide bonds. The maximum Gasteiger partial charge on any atom is 0.273 e. The summed E-state index contributed by atoms with van der Waals surface area (Å²) in [6.45, 7) is 0. The molecule has 0 spiro atoms. The van der Waals surface area contributed by atoms with Crippen LogP contribution >= 0.6 is 0 Å². The number of non-ortho nitro benzene ring substituents is 1. The first-order chi connectivity index (χ1) is 13.6. The normalized spacial score (nSPS) is 12.0. The van der Waals surface area contributed by atoms with Gasteiger partial charge in [0.15, 0.2) is 6.10 Å². The number of benzene rings is 2. The zero-order valence-electron chi connectivity index (χ0n) is 14.9. The van der Waals surface area contributed by atoms with Crippen LogP contribution in [-0.4, -0.2) is 24.2 Å². The van der Waals surface area contributed by atoms with Crippen molar-refractivity contribution in [1.82, 2.24) is 5.43 Å². The van der Waals surface area contributed by atoms with Gasteiger partial charge in [0.2, 0.25) is 0 Å². The molecular weight excluding hydrogens is 362 g/mol. The smallest absolute Gasteiger partial charge is 0.273 e. The molecule has 8 nitrogen and oxygen atoms in total. The number of carbonyl (C=O) groups excluding carboxylic acids is 1. The Labute approximate surface area is 160 Å². The third-order valence-electron chi connectivity index (χ3n) is 3.93. The van der Waals surface area contributed by atoms with Gasteiger partial charge in [0.25, 0.3) is 11.6 Å². The van der Waals surface area contributed by atoms with Crippen molar-refractivity contribution in [2.24, 2.45) is 5.10 Å². The summed E-state index contributed by atoms with van der Waals surface area (Å²) in [4.78, 5) is 22.5. The van der Waals surface area contributed by atoms with Crippen molar-refractivity contribution in [2.75, 3.05) is 7.11 Å². The molecule has 3 aromatic rings. The molecule has 0 unspecified atom stereocenters. The van der Waals surface area contributed by atoms with E-state index in [9.17, 15) is 14.9 Å². The maximum atomic E-state index is 12.2. The van der Waals surface area contributed by atoms with E-state index < -0.39 is 16.9 Å². The van der Waals surface area contributed by atoms with Crippen LogP contribution in [0.4, 0.5) is 5.69 Å². The zero-order chi connectivity index (χ0) is 19.9. The lowest BCUT2D eigenvalue weighted by Crippen LogP contribution is -2.26. The van der Waals surface area contributed by atoms with Gasteiger partial charge in [-0.05, 0) is 29.8 Å². The summed E-state index contributed by atoms with van der Waals surface area (Å²) in [5.74, 6) is 0.538. The highest BCUT2D eigenvalue weighted by molar-refractivity contribution is 5.84. The summed E-state index contributed by atoms with van der Waals surface area (Å²) in [6.07, 6.45) is 0.593. The maximum absolute atomic E-state index is 12.2. The number of nitro benzene ring substituents is 1. The van der Waals surface area contributed by atoms with Gasteiger partial charge in [-0.1, -0.05) is 30.3 Å². The summed E-state index contributed by atoms with van der Waals surface area (Å²) in [7, 11) is 1.45. The topological polar surface area (TPSA) is 107 Å². The number of ether oxygens (including phenoxy) is 1. The molecule has 0 aliphatic heterocycles. The molecule has 0 aliphatic rings. The van der Waals surface area contributed by atoms with Crippen LogP contribution in [0.3, 0.4) is 0 Å². The Morgan fingerprint density at radius 1 is 1.14 bits per heavy atom. The van der Waals surface area contributed by atoms with Crippen LogP contribution in [-0.2, 0) is 9.53 Å². The van der Waals surface area contributed by atoms with Gasteiger partial charge < -0.3 is 9.15 Å². The fourth-order valence-electron chi connectivity index (χ4n) is 2.57. The summed E-state index contributed by atoms with van der Waals surface area (Å²) in [5, 5.41) is 14.6. The van der Waals surface area contributed by atoms with Crippen molar-refractivity contribution in [3.63, 3.8) is 0 Å².